The van der Waals surface area contributed by atoms with Crippen molar-refractivity contribution < 1.29 is 0 Å². The van der Waals surface area contributed by atoms with E-state index in [9.17, 15) is 0 Å². The van der Waals surface area contributed by atoms with Crippen molar-refractivity contribution in [1.29, 1.82) is 0 Å². The highest BCUT2D eigenvalue weighted by molar-refractivity contribution is 7.99. The molecule has 3 rings (SSSR count). The first-order valence-electron chi connectivity index (χ1n) is 7.53. The highest BCUT2D eigenvalue weighted by atomic mass is 32.2. The molecule has 0 unspecified atom stereocenters. The lowest BCUT2D eigenvalue weighted by Gasteiger charge is -2.10. The van der Waals surface area contributed by atoms with E-state index in [0.717, 1.165) is 10.8 Å². The van der Waals surface area contributed by atoms with E-state index in [1.165, 1.54) is 33.8 Å². The zero-order chi connectivity index (χ0) is 15.5. The van der Waals surface area contributed by atoms with Crippen molar-refractivity contribution in [2.75, 3.05) is 5.32 Å². The van der Waals surface area contributed by atoms with E-state index in [1.807, 2.05) is 0 Å². The van der Waals surface area contributed by atoms with Crippen LogP contribution in [-0.2, 0) is 0 Å². The van der Waals surface area contributed by atoms with Gasteiger partial charge in [-0.05, 0) is 74.8 Å². The average Bonchev–Trinajstić information content (AvgIpc) is 3.28. The van der Waals surface area contributed by atoms with Gasteiger partial charge in [0.15, 0.2) is 5.11 Å². The normalized spacial score (nSPS) is 13.7. The minimum Gasteiger partial charge on any atom is -0.360 e. The van der Waals surface area contributed by atoms with E-state index in [4.69, 9.17) is 12.2 Å². The fourth-order valence-electron chi connectivity index (χ4n) is 2.23. The molecule has 114 valence electrons. The molecule has 1 aliphatic carbocycles. The molecule has 0 saturated heterocycles. The van der Waals surface area contributed by atoms with E-state index in [2.05, 4.69) is 66.9 Å². The third kappa shape index (κ3) is 4.24. The number of benzene rings is 2. The highest BCUT2D eigenvalue weighted by Gasteiger charge is 2.21. The van der Waals surface area contributed by atoms with Gasteiger partial charge in [0.2, 0.25) is 0 Å². The van der Waals surface area contributed by atoms with E-state index >= 15 is 0 Å². The fraction of sp³-hybridized carbons (Fsp3) is 0.278. The van der Waals surface area contributed by atoms with Crippen molar-refractivity contribution in [3.05, 3.63) is 53.6 Å². The quantitative estimate of drug-likeness (QED) is 0.779. The van der Waals surface area contributed by atoms with Gasteiger partial charge in [0.05, 0.1) is 0 Å². The summed E-state index contributed by atoms with van der Waals surface area (Å²) in [5.74, 6) is 0. The maximum atomic E-state index is 5.29. The Hall–Kier alpha value is -1.52. The van der Waals surface area contributed by atoms with E-state index in [0.29, 0.717) is 6.04 Å². The molecule has 0 aromatic heterocycles. The Morgan fingerprint density at radius 1 is 1.09 bits per heavy atom. The van der Waals surface area contributed by atoms with Gasteiger partial charge in [-0.1, -0.05) is 29.5 Å². The van der Waals surface area contributed by atoms with Crippen molar-refractivity contribution in [2.24, 2.45) is 0 Å². The number of nitrogens with one attached hydrogen (secondary N) is 2. The zero-order valence-corrected chi connectivity index (χ0v) is 14.5. The molecule has 0 bridgehead atoms. The minimum absolute atomic E-state index is 0.583. The first-order valence-corrected chi connectivity index (χ1v) is 8.75. The lowest BCUT2D eigenvalue weighted by atomic mass is 10.2. The van der Waals surface area contributed by atoms with Gasteiger partial charge in [-0.15, -0.1) is 0 Å². The average molecular weight is 329 g/mol. The van der Waals surface area contributed by atoms with Crippen LogP contribution in [0.3, 0.4) is 0 Å². The second-order valence-electron chi connectivity index (χ2n) is 5.77. The van der Waals surface area contributed by atoms with Crippen LogP contribution in [0.4, 0.5) is 5.69 Å². The van der Waals surface area contributed by atoms with E-state index in [1.54, 1.807) is 11.8 Å². The number of aryl methyl sites for hydroxylation is 2. The first-order chi connectivity index (χ1) is 10.6. The first kappa shape index (κ1) is 15.4. The van der Waals surface area contributed by atoms with Gasteiger partial charge >= 0.3 is 0 Å². The Labute approximate surface area is 141 Å². The summed E-state index contributed by atoms with van der Waals surface area (Å²) >= 11 is 7.09. The van der Waals surface area contributed by atoms with Gasteiger partial charge in [-0.2, -0.15) is 0 Å². The molecule has 4 heteroatoms. The summed E-state index contributed by atoms with van der Waals surface area (Å²) in [4.78, 5) is 2.54. The maximum absolute atomic E-state index is 5.29. The van der Waals surface area contributed by atoms with Crippen molar-refractivity contribution in [2.45, 2.75) is 42.5 Å². The molecule has 2 aromatic carbocycles. The van der Waals surface area contributed by atoms with Crippen molar-refractivity contribution >= 4 is 34.8 Å². The zero-order valence-electron chi connectivity index (χ0n) is 12.8. The predicted octanol–water partition coefficient (Wildman–Crippen LogP) is 4.90. The van der Waals surface area contributed by atoms with Crippen LogP contribution < -0.4 is 10.6 Å². The van der Waals surface area contributed by atoms with E-state index < -0.39 is 0 Å². The molecule has 0 atom stereocenters. The summed E-state index contributed by atoms with van der Waals surface area (Å²) < 4.78 is 0. The van der Waals surface area contributed by atoms with Gasteiger partial charge in [-0.25, -0.2) is 0 Å². The number of thiocarbonyl (C=S) groups is 1. The summed E-state index contributed by atoms with van der Waals surface area (Å²) in [6.45, 7) is 4.29. The van der Waals surface area contributed by atoms with E-state index in [-0.39, 0.29) is 0 Å². The summed E-state index contributed by atoms with van der Waals surface area (Å²) in [5.41, 5.74) is 3.66. The largest absolute Gasteiger partial charge is 0.360 e. The lowest BCUT2D eigenvalue weighted by Crippen LogP contribution is -2.30. The molecule has 2 N–H and O–H groups in total. The summed E-state index contributed by atoms with van der Waals surface area (Å²) in [6, 6.07) is 15.6. The Morgan fingerprint density at radius 2 is 1.82 bits per heavy atom. The van der Waals surface area contributed by atoms with Crippen LogP contribution in [0.25, 0.3) is 0 Å². The van der Waals surface area contributed by atoms with Crippen LogP contribution in [0, 0.1) is 13.8 Å². The van der Waals surface area contributed by atoms with Crippen LogP contribution in [0.2, 0.25) is 0 Å². The number of rotatable bonds is 4. The molecule has 0 amide bonds. The van der Waals surface area contributed by atoms with Gasteiger partial charge in [0.25, 0.3) is 0 Å². The third-order valence-corrected chi connectivity index (χ3v) is 4.99. The Bertz CT molecular complexity index is 676. The molecule has 1 aliphatic rings. The second kappa shape index (κ2) is 6.71. The molecule has 0 spiro atoms. The second-order valence-corrected chi connectivity index (χ2v) is 7.29. The summed E-state index contributed by atoms with van der Waals surface area (Å²) in [5, 5.41) is 7.24. The van der Waals surface area contributed by atoms with Gasteiger partial charge < -0.3 is 10.6 Å². The molecule has 2 nitrogen and oxygen atoms in total. The lowest BCUT2D eigenvalue weighted by molar-refractivity contribution is 0.919. The molecule has 0 heterocycles. The monoisotopic (exact) mass is 328 g/mol. The molecule has 1 saturated carbocycles. The van der Waals surface area contributed by atoms with Gasteiger partial charge in [0.1, 0.15) is 0 Å². The molecular weight excluding hydrogens is 308 g/mol. The molecular formula is C18H20N2S2. The summed E-state index contributed by atoms with van der Waals surface area (Å²) in [6.07, 6.45) is 2.46. The van der Waals surface area contributed by atoms with Gasteiger partial charge in [0, 0.05) is 21.5 Å². The molecule has 1 fully saturated rings. The fourth-order valence-corrected chi connectivity index (χ4v) is 3.39. The smallest absolute Gasteiger partial charge is 0.170 e. The molecule has 22 heavy (non-hydrogen) atoms. The van der Waals surface area contributed by atoms with Crippen molar-refractivity contribution in [1.82, 2.24) is 5.32 Å². The Balaban J connectivity index is 1.62. The minimum atomic E-state index is 0.583. The SMILES string of the molecule is Cc1ccc(Sc2ccc(NC(=S)NC3CC3)cc2)c(C)c1. The number of hydrogen-bond donors (Lipinski definition) is 2. The Morgan fingerprint density at radius 3 is 2.45 bits per heavy atom. The predicted molar refractivity (Wildman–Crippen MR) is 98.9 cm³/mol. The Kier molecular flexibility index (Phi) is 4.69. The van der Waals surface area contributed by atoms with Crippen LogP contribution in [0.1, 0.15) is 24.0 Å². The number of hydrogen-bond acceptors (Lipinski definition) is 2. The number of anilines is 1. The molecule has 2 aromatic rings. The van der Waals surface area contributed by atoms with Gasteiger partial charge in [-0.3, -0.25) is 0 Å². The van der Waals surface area contributed by atoms with Crippen LogP contribution >= 0.6 is 24.0 Å². The maximum Gasteiger partial charge on any atom is 0.170 e. The third-order valence-electron chi connectivity index (χ3n) is 3.58. The molecule has 0 aliphatic heterocycles. The van der Waals surface area contributed by atoms with Crippen LogP contribution in [0.15, 0.2) is 52.3 Å². The van der Waals surface area contributed by atoms with Crippen LogP contribution in [0.5, 0.6) is 0 Å². The van der Waals surface area contributed by atoms with Crippen molar-refractivity contribution in [3.8, 4) is 0 Å². The van der Waals surface area contributed by atoms with Crippen LogP contribution in [-0.4, -0.2) is 11.2 Å². The summed E-state index contributed by atoms with van der Waals surface area (Å²) in [7, 11) is 0. The highest BCUT2D eigenvalue weighted by Crippen LogP contribution is 2.31. The molecule has 0 radical (unpaired) electrons. The standard InChI is InChI=1S/C18H20N2S2/c1-12-3-10-17(13(2)11-12)22-16-8-6-15(7-9-16)20-18(21)19-14-4-5-14/h3,6-11,14H,4-5H2,1-2H3,(H2,19,20,21). The topological polar surface area (TPSA) is 24.1 Å². The van der Waals surface area contributed by atoms with Crippen molar-refractivity contribution in [3.63, 3.8) is 0 Å².